The molecule has 72 valence electrons. The Morgan fingerprint density at radius 2 is 1.85 bits per heavy atom. The summed E-state index contributed by atoms with van der Waals surface area (Å²) in [6.45, 7) is 5.55. The molecule has 13 heavy (non-hydrogen) atoms. The second-order valence-electron chi connectivity index (χ2n) is 3.66. The zero-order valence-corrected chi connectivity index (χ0v) is 8.83. The van der Waals surface area contributed by atoms with Crippen LogP contribution in [0, 0.1) is 0 Å². The molecule has 0 aromatic heterocycles. The Kier molecular flexibility index (Phi) is 3.97. The van der Waals surface area contributed by atoms with Crippen LogP contribution in [0.2, 0.25) is 0 Å². The SMILES string of the molecule is CCC(C)N(C)Cc1ccccc1. The van der Waals surface area contributed by atoms with Crippen molar-refractivity contribution in [3.05, 3.63) is 35.9 Å². The van der Waals surface area contributed by atoms with E-state index in [1.807, 2.05) is 0 Å². The van der Waals surface area contributed by atoms with Crippen LogP contribution in [0.3, 0.4) is 0 Å². The normalized spacial score (nSPS) is 13.2. The third-order valence-electron chi connectivity index (χ3n) is 2.62. The molecule has 1 aromatic rings. The van der Waals surface area contributed by atoms with E-state index in [4.69, 9.17) is 0 Å². The van der Waals surface area contributed by atoms with Gasteiger partial charge in [-0.05, 0) is 26.0 Å². The van der Waals surface area contributed by atoms with Crippen LogP contribution in [0.1, 0.15) is 25.8 Å². The fraction of sp³-hybridized carbons (Fsp3) is 0.500. The van der Waals surface area contributed by atoms with Crippen LogP contribution in [-0.4, -0.2) is 18.0 Å². The molecule has 1 nitrogen and oxygen atoms in total. The molecule has 0 aliphatic heterocycles. The van der Waals surface area contributed by atoms with Gasteiger partial charge in [-0.1, -0.05) is 37.3 Å². The van der Waals surface area contributed by atoms with E-state index in [9.17, 15) is 0 Å². The topological polar surface area (TPSA) is 3.24 Å². The van der Waals surface area contributed by atoms with Gasteiger partial charge in [0.1, 0.15) is 0 Å². The second-order valence-corrected chi connectivity index (χ2v) is 3.66. The maximum atomic E-state index is 2.38. The van der Waals surface area contributed by atoms with Gasteiger partial charge < -0.3 is 0 Å². The van der Waals surface area contributed by atoms with E-state index >= 15 is 0 Å². The predicted molar refractivity (Wildman–Crippen MR) is 57.7 cm³/mol. The molecule has 0 fully saturated rings. The van der Waals surface area contributed by atoms with Crippen molar-refractivity contribution in [2.75, 3.05) is 7.05 Å². The molecular weight excluding hydrogens is 158 g/mol. The number of nitrogens with zero attached hydrogens (tertiary/aromatic N) is 1. The fourth-order valence-electron chi connectivity index (χ4n) is 1.34. The minimum Gasteiger partial charge on any atom is -0.299 e. The maximum Gasteiger partial charge on any atom is 0.0233 e. The molecule has 0 amide bonds. The first-order valence-electron chi connectivity index (χ1n) is 4.98. The van der Waals surface area contributed by atoms with Crippen molar-refractivity contribution >= 4 is 0 Å². The lowest BCUT2D eigenvalue weighted by Crippen LogP contribution is -2.27. The molecule has 0 saturated carbocycles. The molecule has 0 aliphatic carbocycles. The molecule has 1 atom stereocenters. The van der Waals surface area contributed by atoms with Crippen molar-refractivity contribution < 1.29 is 0 Å². The molecule has 0 bridgehead atoms. The first-order chi connectivity index (χ1) is 6.24. The molecule has 0 N–H and O–H groups in total. The lowest BCUT2D eigenvalue weighted by molar-refractivity contribution is 0.244. The van der Waals surface area contributed by atoms with E-state index in [-0.39, 0.29) is 0 Å². The lowest BCUT2D eigenvalue weighted by Gasteiger charge is -2.23. The van der Waals surface area contributed by atoms with Crippen molar-refractivity contribution in [3.63, 3.8) is 0 Å². The largest absolute Gasteiger partial charge is 0.299 e. The highest BCUT2D eigenvalue weighted by molar-refractivity contribution is 5.14. The van der Waals surface area contributed by atoms with E-state index in [0.717, 1.165) is 6.54 Å². The zero-order valence-electron chi connectivity index (χ0n) is 8.83. The Bertz CT molecular complexity index is 230. The summed E-state index contributed by atoms with van der Waals surface area (Å²) in [5.41, 5.74) is 1.39. The number of hydrogen-bond acceptors (Lipinski definition) is 1. The Labute approximate surface area is 81.4 Å². The molecule has 1 rings (SSSR count). The lowest BCUT2D eigenvalue weighted by atomic mass is 10.2. The first kappa shape index (κ1) is 10.3. The summed E-state index contributed by atoms with van der Waals surface area (Å²) in [6, 6.07) is 11.3. The average molecular weight is 177 g/mol. The number of hydrogen-bond donors (Lipinski definition) is 0. The molecule has 0 heterocycles. The molecule has 1 heteroatoms. The first-order valence-corrected chi connectivity index (χ1v) is 4.98. The van der Waals surface area contributed by atoms with Crippen LogP contribution in [0.15, 0.2) is 30.3 Å². The molecule has 0 spiro atoms. The van der Waals surface area contributed by atoms with Gasteiger partial charge in [-0.2, -0.15) is 0 Å². The van der Waals surface area contributed by atoms with Gasteiger partial charge in [0.2, 0.25) is 0 Å². The van der Waals surface area contributed by atoms with E-state index in [2.05, 4.69) is 56.1 Å². The summed E-state index contributed by atoms with van der Waals surface area (Å²) in [4.78, 5) is 2.38. The fourth-order valence-corrected chi connectivity index (χ4v) is 1.34. The monoisotopic (exact) mass is 177 g/mol. The third-order valence-corrected chi connectivity index (χ3v) is 2.62. The Morgan fingerprint density at radius 3 is 2.38 bits per heavy atom. The molecule has 0 saturated heterocycles. The molecule has 1 unspecified atom stereocenters. The summed E-state index contributed by atoms with van der Waals surface area (Å²) in [7, 11) is 2.18. The Morgan fingerprint density at radius 1 is 1.23 bits per heavy atom. The van der Waals surface area contributed by atoms with Crippen molar-refractivity contribution in [1.82, 2.24) is 4.90 Å². The van der Waals surface area contributed by atoms with Crippen LogP contribution >= 0.6 is 0 Å². The molecule has 0 radical (unpaired) electrons. The Balaban J connectivity index is 2.50. The second kappa shape index (κ2) is 5.03. The van der Waals surface area contributed by atoms with Crippen molar-refractivity contribution in [2.45, 2.75) is 32.9 Å². The van der Waals surface area contributed by atoms with Crippen molar-refractivity contribution in [1.29, 1.82) is 0 Å². The smallest absolute Gasteiger partial charge is 0.0233 e. The number of rotatable bonds is 4. The van der Waals surface area contributed by atoms with Crippen LogP contribution < -0.4 is 0 Å². The summed E-state index contributed by atoms with van der Waals surface area (Å²) in [5.74, 6) is 0. The van der Waals surface area contributed by atoms with Gasteiger partial charge in [0.15, 0.2) is 0 Å². The van der Waals surface area contributed by atoms with Crippen LogP contribution in [0.5, 0.6) is 0 Å². The van der Waals surface area contributed by atoms with Crippen LogP contribution in [0.4, 0.5) is 0 Å². The summed E-state index contributed by atoms with van der Waals surface area (Å²) < 4.78 is 0. The standard InChI is InChI=1S/C12H19N/c1-4-11(2)13(3)10-12-8-6-5-7-9-12/h5-9,11H,4,10H2,1-3H3. The summed E-state index contributed by atoms with van der Waals surface area (Å²) in [6.07, 6.45) is 1.21. The maximum absolute atomic E-state index is 2.38. The average Bonchev–Trinajstić information content (AvgIpc) is 2.18. The van der Waals surface area contributed by atoms with Gasteiger partial charge in [-0.3, -0.25) is 4.90 Å². The van der Waals surface area contributed by atoms with Gasteiger partial charge in [0.25, 0.3) is 0 Å². The van der Waals surface area contributed by atoms with E-state index < -0.39 is 0 Å². The van der Waals surface area contributed by atoms with Gasteiger partial charge >= 0.3 is 0 Å². The van der Waals surface area contributed by atoms with E-state index in [1.54, 1.807) is 0 Å². The minimum absolute atomic E-state index is 0.667. The van der Waals surface area contributed by atoms with Gasteiger partial charge in [-0.25, -0.2) is 0 Å². The van der Waals surface area contributed by atoms with Gasteiger partial charge in [-0.15, -0.1) is 0 Å². The van der Waals surface area contributed by atoms with E-state index in [0.29, 0.717) is 6.04 Å². The van der Waals surface area contributed by atoms with Crippen molar-refractivity contribution in [2.24, 2.45) is 0 Å². The predicted octanol–water partition coefficient (Wildman–Crippen LogP) is 2.92. The molecule has 0 aliphatic rings. The molecule has 1 aromatic carbocycles. The third kappa shape index (κ3) is 3.19. The van der Waals surface area contributed by atoms with Crippen LogP contribution in [0.25, 0.3) is 0 Å². The highest BCUT2D eigenvalue weighted by atomic mass is 15.1. The zero-order chi connectivity index (χ0) is 9.68. The van der Waals surface area contributed by atoms with E-state index in [1.165, 1.54) is 12.0 Å². The van der Waals surface area contributed by atoms with Crippen molar-refractivity contribution in [3.8, 4) is 0 Å². The quantitative estimate of drug-likeness (QED) is 0.683. The minimum atomic E-state index is 0.667. The highest BCUT2D eigenvalue weighted by Gasteiger charge is 2.05. The van der Waals surface area contributed by atoms with Crippen LogP contribution in [-0.2, 0) is 6.54 Å². The molecular formula is C12H19N. The van der Waals surface area contributed by atoms with Gasteiger partial charge in [0, 0.05) is 12.6 Å². The Hall–Kier alpha value is -0.820. The number of benzene rings is 1. The summed E-state index contributed by atoms with van der Waals surface area (Å²) in [5, 5.41) is 0. The highest BCUT2D eigenvalue weighted by Crippen LogP contribution is 2.07. The summed E-state index contributed by atoms with van der Waals surface area (Å²) >= 11 is 0. The van der Waals surface area contributed by atoms with Gasteiger partial charge in [0.05, 0.1) is 0 Å².